The monoisotopic (exact) mass is 249 g/mol. The number of hydrogen-bond acceptors (Lipinski definition) is 4. The molecule has 0 radical (unpaired) electrons. The van der Waals surface area contributed by atoms with Crippen molar-refractivity contribution in [2.24, 2.45) is 5.73 Å². The van der Waals surface area contributed by atoms with E-state index in [4.69, 9.17) is 10.5 Å². The molecule has 1 saturated heterocycles. The summed E-state index contributed by atoms with van der Waals surface area (Å²) in [6.07, 6.45) is 2.72. The molecule has 0 aliphatic carbocycles. The van der Waals surface area contributed by atoms with Gasteiger partial charge in [0.2, 0.25) is 0 Å². The number of aromatic nitrogens is 1. The normalized spacial score (nSPS) is 19.9. The van der Waals surface area contributed by atoms with Crippen LogP contribution in [0.25, 0.3) is 0 Å². The van der Waals surface area contributed by atoms with Crippen LogP contribution < -0.4 is 5.73 Å². The van der Waals surface area contributed by atoms with Gasteiger partial charge in [0.1, 0.15) is 5.69 Å². The Morgan fingerprint density at radius 3 is 3.06 bits per heavy atom. The van der Waals surface area contributed by atoms with Gasteiger partial charge in [-0.05, 0) is 18.1 Å². The molecule has 1 unspecified atom stereocenters. The van der Waals surface area contributed by atoms with Crippen LogP contribution >= 0.6 is 0 Å². The number of pyridine rings is 1. The lowest BCUT2D eigenvalue weighted by molar-refractivity contribution is -0.0228. The van der Waals surface area contributed by atoms with E-state index in [2.05, 4.69) is 11.9 Å². The Balaban J connectivity index is 2.05. The molecule has 5 heteroatoms. The predicted molar refractivity (Wildman–Crippen MR) is 68.1 cm³/mol. The minimum Gasteiger partial charge on any atom is -0.375 e. The molecular weight excluding hydrogens is 230 g/mol. The summed E-state index contributed by atoms with van der Waals surface area (Å²) in [6.45, 7) is 4.39. The molecule has 0 saturated carbocycles. The first-order valence-electron chi connectivity index (χ1n) is 6.30. The van der Waals surface area contributed by atoms with Crippen LogP contribution in [0.15, 0.2) is 18.3 Å². The molecule has 2 rings (SSSR count). The highest BCUT2D eigenvalue weighted by molar-refractivity contribution is 5.92. The summed E-state index contributed by atoms with van der Waals surface area (Å²) in [5, 5.41) is 0. The van der Waals surface area contributed by atoms with Crippen molar-refractivity contribution >= 4 is 5.91 Å². The van der Waals surface area contributed by atoms with Crippen LogP contribution in [-0.4, -0.2) is 41.6 Å². The number of ether oxygens (including phenoxy) is 1. The minimum atomic E-state index is -0.0275. The molecule has 1 aromatic rings. The van der Waals surface area contributed by atoms with Gasteiger partial charge in [0.15, 0.2) is 0 Å². The summed E-state index contributed by atoms with van der Waals surface area (Å²) in [5.74, 6) is -0.0275. The smallest absolute Gasteiger partial charge is 0.272 e. The Hall–Kier alpha value is -1.46. The van der Waals surface area contributed by atoms with Gasteiger partial charge in [-0.25, -0.2) is 0 Å². The summed E-state index contributed by atoms with van der Waals surface area (Å²) in [6, 6.07) is 3.58. The average molecular weight is 249 g/mol. The van der Waals surface area contributed by atoms with Gasteiger partial charge in [-0.3, -0.25) is 9.78 Å². The molecule has 2 N–H and O–H groups in total. The standard InChI is InChI=1S/C13H19N3O2/c1-2-11-9-16(5-6-18-11)13(17)12-4-3-10(7-14)8-15-12/h3-4,8,11H,2,5-7,9,14H2,1H3. The van der Waals surface area contributed by atoms with Crippen molar-refractivity contribution in [2.75, 3.05) is 19.7 Å². The van der Waals surface area contributed by atoms with E-state index in [1.165, 1.54) is 0 Å². The molecule has 5 nitrogen and oxygen atoms in total. The molecule has 1 atom stereocenters. The van der Waals surface area contributed by atoms with Crippen LogP contribution in [0.2, 0.25) is 0 Å². The number of hydrogen-bond donors (Lipinski definition) is 1. The highest BCUT2D eigenvalue weighted by atomic mass is 16.5. The van der Waals surface area contributed by atoms with E-state index in [1.54, 1.807) is 12.3 Å². The number of nitrogens with two attached hydrogens (primary N) is 1. The van der Waals surface area contributed by atoms with Crippen molar-refractivity contribution in [2.45, 2.75) is 26.0 Å². The molecule has 98 valence electrons. The van der Waals surface area contributed by atoms with Crippen LogP contribution in [0, 0.1) is 0 Å². The summed E-state index contributed by atoms with van der Waals surface area (Å²) in [7, 11) is 0. The van der Waals surface area contributed by atoms with Gasteiger partial charge in [0, 0.05) is 25.8 Å². The van der Waals surface area contributed by atoms with Gasteiger partial charge in [0.25, 0.3) is 5.91 Å². The van der Waals surface area contributed by atoms with E-state index in [9.17, 15) is 4.79 Å². The maximum absolute atomic E-state index is 12.2. The molecule has 1 amide bonds. The van der Waals surface area contributed by atoms with Crippen molar-refractivity contribution in [3.8, 4) is 0 Å². The molecule has 1 aliphatic rings. The van der Waals surface area contributed by atoms with Crippen molar-refractivity contribution < 1.29 is 9.53 Å². The highest BCUT2D eigenvalue weighted by Crippen LogP contribution is 2.11. The van der Waals surface area contributed by atoms with Gasteiger partial charge >= 0.3 is 0 Å². The molecule has 0 spiro atoms. The van der Waals surface area contributed by atoms with Crippen molar-refractivity contribution in [1.29, 1.82) is 0 Å². The van der Waals surface area contributed by atoms with Crippen molar-refractivity contribution in [3.05, 3.63) is 29.6 Å². The van der Waals surface area contributed by atoms with E-state index >= 15 is 0 Å². The lowest BCUT2D eigenvalue weighted by Gasteiger charge is -2.32. The molecular formula is C13H19N3O2. The second kappa shape index (κ2) is 5.93. The van der Waals surface area contributed by atoms with E-state index in [0.29, 0.717) is 31.9 Å². The molecule has 1 aliphatic heterocycles. The van der Waals surface area contributed by atoms with Gasteiger partial charge in [-0.1, -0.05) is 13.0 Å². The van der Waals surface area contributed by atoms with Crippen LogP contribution in [0.1, 0.15) is 29.4 Å². The Morgan fingerprint density at radius 2 is 2.44 bits per heavy atom. The molecule has 1 aromatic heterocycles. The second-order valence-electron chi connectivity index (χ2n) is 4.41. The van der Waals surface area contributed by atoms with Crippen LogP contribution in [-0.2, 0) is 11.3 Å². The SMILES string of the molecule is CCC1CN(C(=O)c2ccc(CN)cn2)CCO1. The zero-order valence-corrected chi connectivity index (χ0v) is 10.6. The van der Waals surface area contributed by atoms with Gasteiger partial charge in [0.05, 0.1) is 12.7 Å². The third-order valence-electron chi connectivity index (χ3n) is 3.16. The maximum Gasteiger partial charge on any atom is 0.272 e. The summed E-state index contributed by atoms with van der Waals surface area (Å²) in [4.78, 5) is 18.2. The number of morpholine rings is 1. The zero-order valence-electron chi connectivity index (χ0n) is 10.6. The van der Waals surface area contributed by atoms with Crippen LogP contribution in [0.4, 0.5) is 0 Å². The summed E-state index contributed by atoms with van der Waals surface area (Å²) < 4.78 is 5.55. The highest BCUT2D eigenvalue weighted by Gasteiger charge is 2.24. The molecule has 1 fully saturated rings. The van der Waals surface area contributed by atoms with E-state index in [0.717, 1.165) is 12.0 Å². The fourth-order valence-corrected chi connectivity index (χ4v) is 1.98. The predicted octanol–water partition coefficient (Wildman–Crippen LogP) is 0.791. The van der Waals surface area contributed by atoms with Gasteiger partial charge < -0.3 is 15.4 Å². The number of rotatable bonds is 3. The van der Waals surface area contributed by atoms with Crippen LogP contribution in [0.5, 0.6) is 0 Å². The minimum absolute atomic E-state index is 0.0275. The van der Waals surface area contributed by atoms with E-state index in [1.807, 2.05) is 11.0 Å². The van der Waals surface area contributed by atoms with Crippen molar-refractivity contribution in [3.63, 3.8) is 0 Å². The summed E-state index contributed by atoms with van der Waals surface area (Å²) >= 11 is 0. The second-order valence-corrected chi connectivity index (χ2v) is 4.41. The first-order chi connectivity index (χ1) is 8.74. The first-order valence-corrected chi connectivity index (χ1v) is 6.30. The molecule has 18 heavy (non-hydrogen) atoms. The largest absolute Gasteiger partial charge is 0.375 e. The molecule has 0 bridgehead atoms. The van der Waals surface area contributed by atoms with E-state index < -0.39 is 0 Å². The molecule has 2 heterocycles. The van der Waals surface area contributed by atoms with E-state index in [-0.39, 0.29) is 12.0 Å². The maximum atomic E-state index is 12.2. The van der Waals surface area contributed by atoms with Crippen molar-refractivity contribution in [1.82, 2.24) is 9.88 Å². The average Bonchev–Trinajstić information content (AvgIpc) is 2.46. The lowest BCUT2D eigenvalue weighted by Crippen LogP contribution is -2.45. The lowest BCUT2D eigenvalue weighted by atomic mass is 10.2. The number of nitrogens with zero attached hydrogens (tertiary/aromatic N) is 2. The fourth-order valence-electron chi connectivity index (χ4n) is 1.98. The van der Waals surface area contributed by atoms with Crippen LogP contribution in [0.3, 0.4) is 0 Å². The summed E-state index contributed by atoms with van der Waals surface area (Å²) in [5.41, 5.74) is 6.91. The van der Waals surface area contributed by atoms with Gasteiger partial charge in [-0.2, -0.15) is 0 Å². The molecule has 0 aromatic carbocycles. The topological polar surface area (TPSA) is 68.5 Å². The number of carbonyl (C=O) groups excluding carboxylic acids is 1. The third kappa shape index (κ3) is 2.86. The first kappa shape index (κ1) is 13.0. The Bertz CT molecular complexity index is 405. The Labute approximate surface area is 107 Å². The Kier molecular flexibility index (Phi) is 4.28. The Morgan fingerprint density at radius 1 is 1.61 bits per heavy atom. The third-order valence-corrected chi connectivity index (χ3v) is 3.16. The fraction of sp³-hybridized carbons (Fsp3) is 0.538. The quantitative estimate of drug-likeness (QED) is 0.860. The van der Waals surface area contributed by atoms with Gasteiger partial charge in [-0.15, -0.1) is 0 Å². The number of carbonyl (C=O) groups is 1. The number of amides is 1. The zero-order chi connectivity index (χ0) is 13.0.